The number of amidine groups is 1. The molecule has 0 aliphatic heterocycles. The van der Waals surface area contributed by atoms with Gasteiger partial charge in [0.05, 0.1) is 17.9 Å². The van der Waals surface area contributed by atoms with Crippen molar-refractivity contribution < 1.29 is 18.4 Å². The summed E-state index contributed by atoms with van der Waals surface area (Å²) in [5, 5.41) is 11.8. The zero-order valence-corrected chi connectivity index (χ0v) is 11.4. The van der Waals surface area contributed by atoms with Crippen molar-refractivity contribution in [1.29, 1.82) is 0 Å². The molecule has 1 aliphatic rings. The number of oxime groups is 1. The van der Waals surface area contributed by atoms with E-state index in [1.54, 1.807) is 0 Å². The second-order valence-corrected chi connectivity index (χ2v) is 6.38. The highest BCUT2D eigenvalue weighted by Gasteiger charge is 2.39. The molecule has 0 bridgehead atoms. The Labute approximate surface area is 107 Å². The lowest BCUT2D eigenvalue weighted by molar-refractivity contribution is 0.216. The second-order valence-electron chi connectivity index (χ2n) is 4.54. The van der Waals surface area contributed by atoms with Crippen LogP contribution in [0.4, 0.5) is 0 Å². The van der Waals surface area contributed by atoms with E-state index < -0.39 is 15.6 Å². The SMILES string of the molecule is COCCS(=O)(=O)NC1(/C(N)=N/O)CCCCC1. The standard InChI is InChI=1S/C10H21N3O4S/c1-17-7-8-18(15,16)13-10(9(11)12-14)5-3-2-4-6-10/h13-14H,2-8H2,1H3,(H2,11,12). The van der Waals surface area contributed by atoms with Gasteiger partial charge in [-0.3, -0.25) is 0 Å². The van der Waals surface area contributed by atoms with Crippen LogP contribution in [0.25, 0.3) is 0 Å². The number of hydrogen-bond acceptors (Lipinski definition) is 5. The van der Waals surface area contributed by atoms with E-state index in [1.807, 2.05) is 0 Å². The Morgan fingerprint density at radius 2 is 2.06 bits per heavy atom. The van der Waals surface area contributed by atoms with E-state index in [0.29, 0.717) is 12.8 Å². The molecule has 0 unspecified atom stereocenters. The minimum atomic E-state index is -3.50. The molecule has 7 nitrogen and oxygen atoms in total. The van der Waals surface area contributed by atoms with Crippen LogP contribution in [0.1, 0.15) is 32.1 Å². The van der Waals surface area contributed by atoms with Crippen LogP contribution >= 0.6 is 0 Å². The Kier molecular flexibility index (Phi) is 5.36. The Balaban J connectivity index is 2.85. The molecule has 1 saturated carbocycles. The molecule has 0 radical (unpaired) electrons. The van der Waals surface area contributed by atoms with Gasteiger partial charge in [0, 0.05) is 7.11 Å². The van der Waals surface area contributed by atoms with Crippen LogP contribution < -0.4 is 10.5 Å². The molecule has 1 aliphatic carbocycles. The lowest BCUT2D eigenvalue weighted by Gasteiger charge is -2.36. The molecule has 0 spiro atoms. The van der Waals surface area contributed by atoms with Gasteiger partial charge in [-0.1, -0.05) is 24.4 Å². The predicted octanol–water partition coefficient (Wildman–Crippen LogP) is 0.00150. The Morgan fingerprint density at radius 1 is 1.44 bits per heavy atom. The molecule has 106 valence electrons. The molecule has 0 saturated heterocycles. The van der Waals surface area contributed by atoms with Crippen LogP contribution in [-0.2, 0) is 14.8 Å². The maximum absolute atomic E-state index is 11.9. The van der Waals surface area contributed by atoms with Crippen molar-refractivity contribution in [2.45, 2.75) is 37.6 Å². The van der Waals surface area contributed by atoms with E-state index in [0.717, 1.165) is 19.3 Å². The first-order valence-electron chi connectivity index (χ1n) is 5.94. The summed E-state index contributed by atoms with van der Waals surface area (Å²) in [4.78, 5) is 0. The number of nitrogens with one attached hydrogen (secondary N) is 1. The maximum atomic E-state index is 11.9. The van der Waals surface area contributed by atoms with Crippen LogP contribution in [0.15, 0.2) is 5.16 Å². The first kappa shape index (κ1) is 15.2. The molecule has 0 amide bonds. The zero-order chi connectivity index (χ0) is 13.6. The van der Waals surface area contributed by atoms with Crippen molar-refractivity contribution in [2.75, 3.05) is 19.5 Å². The smallest absolute Gasteiger partial charge is 0.214 e. The van der Waals surface area contributed by atoms with Gasteiger partial charge >= 0.3 is 0 Å². The fourth-order valence-electron chi connectivity index (χ4n) is 2.20. The summed E-state index contributed by atoms with van der Waals surface area (Å²) in [5.41, 5.74) is 4.72. The lowest BCUT2D eigenvalue weighted by atomic mass is 9.82. The normalized spacial score (nSPS) is 20.8. The van der Waals surface area contributed by atoms with Crippen molar-refractivity contribution in [3.63, 3.8) is 0 Å². The van der Waals surface area contributed by atoms with Crippen LogP contribution in [0.5, 0.6) is 0 Å². The lowest BCUT2D eigenvalue weighted by Crippen LogP contribution is -2.59. The van der Waals surface area contributed by atoms with Gasteiger partial charge in [0.1, 0.15) is 0 Å². The summed E-state index contributed by atoms with van der Waals surface area (Å²) in [5.74, 6) is -0.201. The minimum Gasteiger partial charge on any atom is -0.409 e. The number of methoxy groups -OCH3 is 1. The van der Waals surface area contributed by atoms with Crippen LogP contribution in [0.2, 0.25) is 0 Å². The first-order valence-corrected chi connectivity index (χ1v) is 7.59. The summed E-state index contributed by atoms with van der Waals surface area (Å²) >= 11 is 0. The molecular formula is C10H21N3O4S. The largest absolute Gasteiger partial charge is 0.409 e. The van der Waals surface area contributed by atoms with E-state index in [-0.39, 0.29) is 18.2 Å². The summed E-state index contributed by atoms with van der Waals surface area (Å²) < 4.78 is 31.1. The quantitative estimate of drug-likeness (QED) is 0.274. The number of nitrogens with zero attached hydrogens (tertiary/aromatic N) is 1. The Bertz CT molecular complexity index is 388. The average molecular weight is 279 g/mol. The molecule has 18 heavy (non-hydrogen) atoms. The molecule has 0 aromatic heterocycles. The van der Waals surface area contributed by atoms with Crippen LogP contribution in [0.3, 0.4) is 0 Å². The predicted molar refractivity (Wildman–Crippen MR) is 68.0 cm³/mol. The number of nitrogens with two attached hydrogens (primary N) is 1. The molecule has 0 aromatic rings. The van der Waals surface area contributed by atoms with E-state index in [4.69, 9.17) is 15.7 Å². The van der Waals surface area contributed by atoms with E-state index in [1.165, 1.54) is 7.11 Å². The summed E-state index contributed by atoms with van der Waals surface area (Å²) in [6.45, 7) is 0.113. The molecular weight excluding hydrogens is 258 g/mol. The Morgan fingerprint density at radius 3 is 2.56 bits per heavy atom. The Hall–Kier alpha value is -0.860. The highest BCUT2D eigenvalue weighted by atomic mass is 32.2. The van der Waals surface area contributed by atoms with Gasteiger partial charge in [0.2, 0.25) is 10.0 Å². The van der Waals surface area contributed by atoms with Crippen molar-refractivity contribution in [3.8, 4) is 0 Å². The molecule has 0 atom stereocenters. The van der Waals surface area contributed by atoms with Gasteiger partial charge in [-0.05, 0) is 12.8 Å². The third kappa shape index (κ3) is 3.82. The van der Waals surface area contributed by atoms with Crippen LogP contribution in [-0.4, -0.2) is 44.5 Å². The van der Waals surface area contributed by atoms with E-state index in [2.05, 4.69) is 9.88 Å². The van der Waals surface area contributed by atoms with Gasteiger partial charge in [-0.15, -0.1) is 0 Å². The molecule has 4 N–H and O–H groups in total. The van der Waals surface area contributed by atoms with Crippen molar-refractivity contribution in [3.05, 3.63) is 0 Å². The molecule has 1 fully saturated rings. The molecule has 0 aromatic carbocycles. The topological polar surface area (TPSA) is 114 Å². The number of hydrogen-bond donors (Lipinski definition) is 3. The third-order valence-corrected chi connectivity index (χ3v) is 4.62. The summed E-state index contributed by atoms with van der Waals surface area (Å²) in [7, 11) is -2.06. The van der Waals surface area contributed by atoms with Gasteiger partial charge in [-0.2, -0.15) is 0 Å². The van der Waals surface area contributed by atoms with Gasteiger partial charge in [0.25, 0.3) is 0 Å². The van der Waals surface area contributed by atoms with Gasteiger partial charge in [-0.25, -0.2) is 13.1 Å². The third-order valence-electron chi connectivity index (χ3n) is 3.21. The highest BCUT2D eigenvalue weighted by Crippen LogP contribution is 2.29. The molecule has 0 heterocycles. The van der Waals surface area contributed by atoms with Gasteiger partial charge in [0.15, 0.2) is 5.84 Å². The zero-order valence-electron chi connectivity index (χ0n) is 10.6. The summed E-state index contributed by atoms with van der Waals surface area (Å²) in [6, 6.07) is 0. The van der Waals surface area contributed by atoms with E-state index in [9.17, 15) is 8.42 Å². The van der Waals surface area contributed by atoms with Crippen molar-refractivity contribution in [1.82, 2.24) is 4.72 Å². The second kappa shape index (κ2) is 6.35. The first-order chi connectivity index (χ1) is 8.46. The summed E-state index contributed by atoms with van der Waals surface area (Å²) in [6.07, 6.45) is 3.83. The highest BCUT2D eigenvalue weighted by molar-refractivity contribution is 7.89. The van der Waals surface area contributed by atoms with E-state index >= 15 is 0 Å². The van der Waals surface area contributed by atoms with Crippen LogP contribution in [0, 0.1) is 0 Å². The van der Waals surface area contributed by atoms with Crippen molar-refractivity contribution in [2.24, 2.45) is 10.9 Å². The molecule has 1 rings (SSSR count). The van der Waals surface area contributed by atoms with Gasteiger partial charge < -0.3 is 15.7 Å². The maximum Gasteiger partial charge on any atom is 0.214 e. The average Bonchev–Trinajstić information content (AvgIpc) is 2.36. The fraction of sp³-hybridized carbons (Fsp3) is 0.900. The fourth-order valence-corrected chi connectivity index (χ4v) is 3.60. The number of sulfonamides is 1. The van der Waals surface area contributed by atoms with Crippen molar-refractivity contribution >= 4 is 15.9 Å². The minimum absolute atomic E-state index is 0.0665. The monoisotopic (exact) mass is 279 g/mol. The number of rotatable bonds is 6. The number of ether oxygens (including phenoxy) is 1. The molecule has 8 heteroatoms.